The number of nitrogens with zero attached hydrogens (tertiary/aromatic N) is 4. The molecule has 162 valence electrons. The maximum absolute atomic E-state index is 13.7. The van der Waals surface area contributed by atoms with E-state index in [9.17, 15) is 13.6 Å². The zero-order valence-electron chi connectivity index (χ0n) is 16.7. The van der Waals surface area contributed by atoms with Crippen LogP contribution < -0.4 is 20.9 Å². The second-order valence-electron chi connectivity index (χ2n) is 7.85. The second-order valence-corrected chi connectivity index (χ2v) is 8.96. The molecule has 0 aliphatic carbocycles. The lowest BCUT2D eigenvalue weighted by molar-refractivity contribution is -0.114. The summed E-state index contributed by atoms with van der Waals surface area (Å²) in [5.74, 6) is 0.0285. The number of amides is 1. The van der Waals surface area contributed by atoms with Gasteiger partial charge in [-0.1, -0.05) is 11.8 Å². The molecule has 0 saturated carbocycles. The monoisotopic (exact) mass is 444 g/mol. The van der Waals surface area contributed by atoms with Crippen LogP contribution in [0.1, 0.15) is 30.3 Å². The summed E-state index contributed by atoms with van der Waals surface area (Å²) in [4.78, 5) is 26.2. The van der Waals surface area contributed by atoms with Crippen LogP contribution in [0.25, 0.3) is 0 Å². The van der Waals surface area contributed by atoms with E-state index in [1.165, 1.54) is 23.9 Å². The number of halogens is 2. The van der Waals surface area contributed by atoms with Gasteiger partial charge in [0, 0.05) is 30.9 Å². The van der Waals surface area contributed by atoms with Crippen molar-refractivity contribution in [3.63, 3.8) is 0 Å². The van der Waals surface area contributed by atoms with Crippen molar-refractivity contribution < 1.29 is 13.6 Å². The minimum atomic E-state index is -0.830. The Morgan fingerprint density at radius 1 is 1.23 bits per heavy atom. The van der Waals surface area contributed by atoms with Gasteiger partial charge in [-0.25, -0.2) is 13.8 Å². The Labute approximate surface area is 182 Å². The number of alkyl halides is 1. The van der Waals surface area contributed by atoms with Crippen molar-refractivity contribution in [2.75, 3.05) is 35.2 Å². The molecule has 1 saturated heterocycles. The number of hydrogen-bond donors (Lipinski definition) is 2. The highest BCUT2D eigenvalue weighted by Gasteiger charge is 2.37. The van der Waals surface area contributed by atoms with Crippen LogP contribution in [0, 0.1) is 5.82 Å². The maximum atomic E-state index is 13.7. The van der Waals surface area contributed by atoms with E-state index < -0.39 is 12.0 Å². The highest BCUT2D eigenvalue weighted by atomic mass is 32.2. The van der Waals surface area contributed by atoms with Crippen LogP contribution in [0.3, 0.4) is 0 Å². The minimum absolute atomic E-state index is 0.0169. The number of carbonyl (C=O) groups excluding carboxylic acids is 1. The van der Waals surface area contributed by atoms with Gasteiger partial charge >= 0.3 is 0 Å². The smallest absolute Gasteiger partial charge is 0.266 e. The van der Waals surface area contributed by atoms with Crippen molar-refractivity contribution in [2.24, 2.45) is 0 Å². The molecule has 2 atom stereocenters. The second kappa shape index (κ2) is 7.99. The van der Waals surface area contributed by atoms with Crippen molar-refractivity contribution >= 4 is 34.9 Å². The van der Waals surface area contributed by atoms with Crippen LogP contribution in [0.4, 0.5) is 26.0 Å². The van der Waals surface area contributed by atoms with Crippen LogP contribution in [0.15, 0.2) is 41.2 Å². The minimum Gasteiger partial charge on any atom is -0.396 e. The number of piperidine rings is 1. The lowest BCUT2D eigenvalue weighted by atomic mass is 10.1. The molecule has 5 rings (SSSR count). The normalized spacial score (nSPS) is 23.7. The molecule has 0 radical (unpaired) electrons. The van der Waals surface area contributed by atoms with Gasteiger partial charge in [0.1, 0.15) is 23.2 Å². The molecule has 0 bridgehead atoms. The molecule has 3 aliphatic heterocycles. The van der Waals surface area contributed by atoms with Gasteiger partial charge < -0.3 is 20.9 Å². The maximum Gasteiger partial charge on any atom is 0.266 e. The fraction of sp³-hybridized carbons (Fsp3) is 0.381. The molecule has 0 spiro atoms. The SMILES string of the molecule is Nc1cc(N2CCC3=C(SC(c4cnc(N5CCCC(F)C5)cn4)N3)C2=O)ccc1F. The first-order valence-electron chi connectivity index (χ1n) is 10.2. The Morgan fingerprint density at radius 3 is 2.84 bits per heavy atom. The van der Waals surface area contributed by atoms with E-state index in [4.69, 9.17) is 5.73 Å². The molecule has 1 fully saturated rings. The quantitative estimate of drug-likeness (QED) is 0.704. The van der Waals surface area contributed by atoms with Crippen molar-refractivity contribution in [1.29, 1.82) is 0 Å². The highest BCUT2D eigenvalue weighted by molar-refractivity contribution is 8.04. The molecule has 1 aromatic heterocycles. The largest absolute Gasteiger partial charge is 0.396 e. The van der Waals surface area contributed by atoms with Gasteiger partial charge in [-0.15, -0.1) is 0 Å². The molecule has 31 heavy (non-hydrogen) atoms. The Kier molecular flexibility index (Phi) is 5.17. The van der Waals surface area contributed by atoms with Crippen LogP contribution in [0.2, 0.25) is 0 Å². The average molecular weight is 445 g/mol. The Bertz CT molecular complexity index is 1050. The first-order chi connectivity index (χ1) is 15.0. The summed E-state index contributed by atoms with van der Waals surface area (Å²) in [6, 6.07) is 4.32. The van der Waals surface area contributed by atoms with Crippen molar-refractivity contribution in [3.05, 3.63) is 52.7 Å². The molecule has 2 unspecified atom stereocenters. The molecule has 2 aromatic rings. The van der Waals surface area contributed by atoms with Gasteiger partial charge in [0.05, 0.1) is 35.2 Å². The zero-order valence-corrected chi connectivity index (χ0v) is 17.5. The number of nitrogen functional groups attached to an aromatic ring is 1. The van der Waals surface area contributed by atoms with E-state index in [-0.39, 0.29) is 17.0 Å². The summed E-state index contributed by atoms with van der Waals surface area (Å²) in [5.41, 5.74) is 7.86. The molecule has 10 heteroatoms. The van der Waals surface area contributed by atoms with E-state index in [1.807, 2.05) is 4.90 Å². The highest BCUT2D eigenvalue weighted by Crippen LogP contribution is 2.44. The summed E-state index contributed by atoms with van der Waals surface area (Å²) in [6.45, 7) is 1.60. The summed E-state index contributed by atoms with van der Waals surface area (Å²) < 4.78 is 27.2. The number of rotatable bonds is 3. The number of aromatic nitrogens is 2. The molecular formula is C21H22F2N6OS. The van der Waals surface area contributed by atoms with Crippen LogP contribution in [-0.4, -0.2) is 41.7 Å². The topological polar surface area (TPSA) is 87.4 Å². The van der Waals surface area contributed by atoms with E-state index in [2.05, 4.69) is 15.3 Å². The number of benzene rings is 1. The predicted molar refractivity (Wildman–Crippen MR) is 117 cm³/mol. The fourth-order valence-corrected chi connectivity index (χ4v) is 5.29. The fourth-order valence-electron chi connectivity index (χ4n) is 4.10. The summed E-state index contributed by atoms with van der Waals surface area (Å²) in [5, 5.41) is 3.15. The van der Waals surface area contributed by atoms with Gasteiger partial charge in [0.15, 0.2) is 0 Å². The van der Waals surface area contributed by atoms with Crippen molar-refractivity contribution in [2.45, 2.75) is 30.8 Å². The number of hydrogen-bond acceptors (Lipinski definition) is 7. The summed E-state index contributed by atoms with van der Waals surface area (Å²) in [7, 11) is 0. The molecule has 4 heterocycles. The van der Waals surface area contributed by atoms with Gasteiger partial charge in [0.2, 0.25) is 0 Å². The van der Waals surface area contributed by atoms with E-state index >= 15 is 0 Å². The zero-order chi connectivity index (χ0) is 21.5. The Morgan fingerprint density at radius 2 is 2.10 bits per heavy atom. The number of carbonyl (C=O) groups is 1. The third-order valence-corrected chi connectivity index (χ3v) is 7.00. The van der Waals surface area contributed by atoms with Crippen LogP contribution in [0.5, 0.6) is 0 Å². The Balaban J connectivity index is 1.29. The third kappa shape index (κ3) is 3.80. The number of nitrogens with two attached hydrogens (primary N) is 1. The predicted octanol–water partition coefficient (Wildman–Crippen LogP) is 3.12. The molecule has 1 amide bonds. The van der Waals surface area contributed by atoms with Crippen LogP contribution >= 0.6 is 11.8 Å². The van der Waals surface area contributed by atoms with Crippen molar-refractivity contribution in [1.82, 2.24) is 15.3 Å². The lowest BCUT2D eigenvalue weighted by Crippen LogP contribution is -2.37. The van der Waals surface area contributed by atoms with E-state index in [1.54, 1.807) is 23.4 Å². The lowest BCUT2D eigenvalue weighted by Gasteiger charge is -2.29. The van der Waals surface area contributed by atoms with Gasteiger partial charge in [-0.3, -0.25) is 9.78 Å². The van der Waals surface area contributed by atoms with Gasteiger partial charge in [-0.05, 0) is 31.0 Å². The molecular weight excluding hydrogens is 422 g/mol. The number of nitrogens with one attached hydrogen (secondary N) is 1. The number of anilines is 3. The van der Waals surface area contributed by atoms with Gasteiger partial charge in [0.25, 0.3) is 5.91 Å². The summed E-state index contributed by atoms with van der Waals surface area (Å²) in [6.07, 6.45) is 4.57. The van der Waals surface area contributed by atoms with Crippen LogP contribution in [-0.2, 0) is 4.79 Å². The third-order valence-electron chi connectivity index (χ3n) is 5.75. The van der Waals surface area contributed by atoms with E-state index in [0.29, 0.717) is 48.0 Å². The summed E-state index contributed by atoms with van der Waals surface area (Å²) >= 11 is 1.40. The van der Waals surface area contributed by atoms with E-state index in [0.717, 1.165) is 18.7 Å². The molecule has 7 nitrogen and oxygen atoms in total. The Hall–Kier alpha value is -2.88. The molecule has 1 aromatic carbocycles. The molecule has 3 N–H and O–H groups in total. The van der Waals surface area contributed by atoms with Gasteiger partial charge in [-0.2, -0.15) is 0 Å². The first-order valence-corrected chi connectivity index (χ1v) is 11.1. The first kappa shape index (κ1) is 20.0. The van der Waals surface area contributed by atoms with Crippen molar-refractivity contribution in [3.8, 4) is 0 Å². The number of thioether (sulfide) groups is 1. The molecule has 3 aliphatic rings. The average Bonchev–Trinajstić information content (AvgIpc) is 3.22. The standard InChI is InChI=1S/C21H22F2N6OS/c22-12-2-1-6-28(11-12)18-10-25-17(9-26-18)20-27-16-5-7-29(21(30)19(16)31-20)13-3-4-14(23)15(24)8-13/h3-4,8-10,12,20,27H,1-2,5-7,11,24H2.